The molecular formula is C20H18N2O4. The van der Waals surface area contributed by atoms with E-state index in [1.165, 1.54) is 0 Å². The molecule has 1 amide bonds. The summed E-state index contributed by atoms with van der Waals surface area (Å²) in [6.07, 6.45) is 3.11. The second-order valence-electron chi connectivity index (χ2n) is 6.27. The van der Waals surface area contributed by atoms with Crippen LogP contribution in [0.15, 0.2) is 69.9 Å². The monoisotopic (exact) mass is 350 g/mol. The van der Waals surface area contributed by atoms with Crippen molar-refractivity contribution in [1.82, 2.24) is 5.06 Å². The van der Waals surface area contributed by atoms with Gasteiger partial charge >= 0.3 is 0 Å². The van der Waals surface area contributed by atoms with Gasteiger partial charge < -0.3 is 14.6 Å². The molecule has 2 aromatic heterocycles. The first kappa shape index (κ1) is 16.4. The van der Waals surface area contributed by atoms with Gasteiger partial charge in [0.25, 0.3) is 5.91 Å². The second kappa shape index (κ2) is 6.01. The third kappa shape index (κ3) is 2.23. The predicted octanol–water partition coefficient (Wildman–Crippen LogP) is 3.62. The summed E-state index contributed by atoms with van der Waals surface area (Å²) < 4.78 is 11.3. The zero-order chi connectivity index (χ0) is 18.3. The third-order valence-electron chi connectivity index (χ3n) is 4.85. The number of carbonyl (C=O) groups excluding carboxylic acids is 1. The average Bonchev–Trinajstić information content (AvgIpc) is 3.31. The van der Waals surface area contributed by atoms with E-state index in [2.05, 4.69) is 0 Å². The van der Waals surface area contributed by atoms with Crippen LogP contribution in [0.1, 0.15) is 18.1 Å². The maximum atomic E-state index is 12.3. The summed E-state index contributed by atoms with van der Waals surface area (Å²) in [6.45, 7) is 1.42. The summed E-state index contributed by atoms with van der Waals surface area (Å²) in [7, 11) is 0. The Kier molecular flexibility index (Phi) is 3.79. The molecule has 4 aromatic rings. The first-order chi connectivity index (χ1) is 12.6. The third-order valence-corrected chi connectivity index (χ3v) is 4.85. The lowest BCUT2D eigenvalue weighted by atomic mass is 9.83. The Morgan fingerprint density at radius 2 is 1.46 bits per heavy atom. The van der Waals surface area contributed by atoms with E-state index in [1.807, 2.05) is 48.5 Å². The minimum absolute atomic E-state index is 0.322. The molecule has 0 saturated carbocycles. The van der Waals surface area contributed by atoms with Gasteiger partial charge in [0.05, 0.1) is 19.1 Å². The highest BCUT2D eigenvalue weighted by Gasteiger charge is 2.42. The molecule has 2 aromatic carbocycles. The number of fused-ring (bicyclic) bond motifs is 2. The van der Waals surface area contributed by atoms with Crippen LogP contribution in [0, 0.1) is 0 Å². The summed E-state index contributed by atoms with van der Waals surface area (Å²) >= 11 is 0. The molecule has 6 nitrogen and oxygen atoms in total. The highest BCUT2D eigenvalue weighted by atomic mass is 16.5. The highest BCUT2D eigenvalue weighted by Crippen LogP contribution is 2.43. The molecule has 4 rings (SSSR count). The fourth-order valence-corrected chi connectivity index (χ4v) is 3.42. The summed E-state index contributed by atoms with van der Waals surface area (Å²) in [6, 6.07) is 14.9. The van der Waals surface area contributed by atoms with Crippen LogP contribution in [0.4, 0.5) is 0 Å². The van der Waals surface area contributed by atoms with Crippen LogP contribution in [-0.4, -0.2) is 22.7 Å². The highest BCUT2D eigenvalue weighted by molar-refractivity contribution is 5.89. The molecule has 0 atom stereocenters. The fraction of sp³-hybridized carbons (Fsp3) is 0.150. The number of nitrogens with zero attached hydrogens (tertiary/aromatic N) is 1. The number of benzene rings is 2. The Bertz CT molecular complexity index is 1020. The van der Waals surface area contributed by atoms with Crippen molar-refractivity contribution < 1.29 is 18.8 Å². The number of nitrogens with two attached hydrogens (primary N) is 1. The van der Waals surface area contributed by atoms with Gasteiger partial charge in [-0.15, -0.1) is 0 Å². The zero-order valence-electron chi connectivity index (χ0n) is 14.2. The van der Waals surface area contributed by atoms with Crippen LogP contribution in [0.3, 0.4) is 0 Å². The van der Waals surface area contributed by atoms with Crippen molar-refractivity contribution in [1.29, 1.82) is 0 Å². The van der Waals surface area contributed by atoms with Gasteiger partial charge in [-0.1, -0.05) is 36.4 Å². The smallest absolute Gasteiger partial charge is 0.260 e. The molecule has 132 valence electrons. The summed E-state index contributed by atoms with van der Waals surface area (Å²) in [4.78, 5) is 12.3. The van der Waals surface area contributed by atoms with Crippen molar-refractivity contribution in [3.63, 3.8) is 0 Å². The molecule has 0 unspecified atom stereocenters. The van der Waals surface area contributed by atoms with Gasteiger partial charge in [0, 0.05) is 21.9 Å². The summed E-state index contributed by atoms with van der Waals surface area (Å²) in [5.41, 5.74) is 6.87. The Labute approximate surface area is 149 Å². The minimum atomic E-state index is -1.24. The van der Waals surface area contributed by atoms with E-state index in [0.717, 1.165) is 10.8 Å². The van der Waals surface area contributed by atoms with Crippen molar-refractivity contribution in [2.75, 3.05) is 6.54 Å². The predicted molar refractivity (Wildman–Crippen MR) is 96.6 cm³/mol. The molecule has 3 N–H and O–H groups in total. The first-order valence-corrected chi connectivity index (χ1v) is 8.22. The number of hydrogen-bond donors (Lipinski definition) is 2. The Morgan fingerprint density at radius 3 is 1.92 bits per heavy atom. The summed E-state index contributed by atoms with van der Waals surface area (Å²) in [5.74, 6) is -0.608. The number of amides is 1. The quantitative estimate of drug-likeness (QED) is 0.433. The van der Waals surface area contributed by atoms with Crippen LogP contribution in [0.25, 0.3) is 21.9 Å². The van der Waals surface area contributed by atoms with Gasteiger partial charge in [-0.25, -0.2) is 5.06 Å². The van der Waals surface area contributed by atoms with Gasteiger partial charge in [0.2, 0.25) is 0 Å². The van der Waals surface area contributed by atoms with Crippen molar-refractivity contribution in [3.05, 3.63) is 72.2 Å². The molecule has 0 bridgehead atoms. The minimum Gasteiger partial charge on any atom is -0.464 e. The normalized spacial score (nSPS) is 12.0. The van der Waals surface area contributed by atoms with E-state index in [1.54, 1.807) is 19.5 Å². The van der Waals surface area contributed by atoms with Gasteiger partial charge in [-0.2, -0.15) is 0 Å². The fourth-order valence-electron chi connectivity index (χ4n) is 3.42. The van der Waals surface area contributed by atoms with Crippen LogP contribution in [0.2, 0.25) is 0 Å². The van der Waals surface area contributed by atoms with Crippen LogP contribution >= 0.6 is 0 Å². The van der Waals surface area contributed by atoms with E-state index in [9.17, 15) is 10.0 Å². The molecule has 0 spiro atoms. The van der Waals surface area contributed by atoms with Crippen molar-refractivity contribution in [3.8, 4) is 0 Å². The number of hydrogen-bond acceptors (Lipinski definition) is 5. The largest absolute Gasteiger partial charge is 0.464 e. The molecule has 2 heterocycles. The van der Waals surface area contributed by atoms with Gasteiger partial charge in [-0.05, 0) is 19.1 Å². The lowest BCUT2D eigenvalue weighted by molar-refractivity contribution is -0.185. The first-order valence-electron chi connectivity index (χ1n) is 8.22. The lowest BCUT2D eigenvalue weighted by Gasteiger charge is -2.36. The SMILES string of the molecule is CC(c1coc2ccccc12)(c1coc2ccccc12)N(O)C(=O)CN. The van der Waals surface area contributed by atoms with Crippen molar-refractivity contribution in [2.45, 2.75) is 12.5 Å². The van der Waals surface area contributed by atoms with E-state index in [-0.39, 0.29) is 6.54 Å². The molecule has 0 aliphatic rings. The number of furan rings is 2. The van der Waals surface area contributed by atoms with E-state index >= 15 is 0 Å². The van der Waals surface area contributed by atoms with Crippen LogP contribution < -0.4 is 5.73 Å². The molecular weight excluding hydrogens is 332 g/mol. The summed E-state index contributed by atoms with van der Waals surface area (Å²) in [5, 5.41) is 13.1. The maximum absolute atomic E-state index is 12.3. The van der Waals surface area contributed by atoms with Crippen molar-refractivity contribution in [2.24, 2.45) is 5.73 Å². The van der Waals surface area contributed by atoms with Gasteiger partial charge in [0.1, 0.15) is 16.7 Å². The standard InChI is InChI=1S/C20H18N2O4/c1-20(22(24)19(23)10-21,15-11-25-17-8-4-2-6-13(15)17)16-12-26-18-9-5-3-7-14(16)18/h2-9,11-12,24H,10,21H2,1H3. The molecule has 0 saturated heterocycles. The Hall–Kier alpha value is -3.09. The Morgan fingerprint density at radius 1 is 1.00 bits per heavy atom. The molecule has 6 heteroatoms. The number of para-hydroxylation sites is 2. The molecule has 0 fully saturated rings. The second-order valence-corrected chi connectivity index (χ2v) is 6.27. The van der Waals surface area contributed by atoms with Crippen LogP contribution in [-0.2, 0) is 10.3 Å². The number of hydroxylamine groups is 2. The molecule has 0 radical (unpaired) electrons. The zero-order valence-corrected chi connectivity index (χ0v) is 14.2. The number of carbonyl (C=O) groups is 1. The average molecular weight is 350 g/mol. The Balaban J connectivity index is 2.03. The van der Waals surface area contributed by atoms with E-state index in [0.29, 0.717) is 27.4 Å². The maximum Gasteiger partial charge on any atom is 0.260 e. The topological polar surface area (TPSA) is 92.8 Å². The molecule has 26 heavy (non-hydrogen) atoms. The van der Waals surface area contributed by atoms with E-state index < -0.39 is 11.4 Å². The van der Waals surface area contributed by atoms with Gasteiger partial charge in [0.15, 0.2) is 0 Å². The molecule has 0 aliphatic heterocycles. The van der Waals surface area contributed by atoms with Gasteiger partial charge in [-0.3, -0.25) is 10.0 Å². The lowest BCUT2D eigenvalue weighted by Crippen LogP contribution is -2.48. The van der Waals surface area contributed by atoms with Crippen LogP contribution in [0.5, 0.6) is 0 Å². The van der Waals surface area contributed by atoms with E-state index in [4.69, 9.17) is 14.6 Å². The van der Waals surface area contributed by atoms with Crippen molar-refractivity contribution >= 4 is 27.8 Å². The number of rotatable bonds is 4. The molecule has 0 aliphatic carbocycles.